The number of carboxylic acids is 1. The van der Waals surface area contributed by atoms with E-state index >= 15 is 4.39 Å². The molecule has 0 spiro atoms. The number of aromatic nitrogens is 3. The predicted molar refractivity (Wildman–Crippen MR) is 151 cm³/mol. The molecular weight excluding hydrogens is 528 g/mol. The number of fused-ring (bicyclic) bond motifs is 1. The van der Waals surface area contributed by atoms with Gasteiger partial charge in [0.1, 0.15) is 24.1 Å². The van der Waals surface area contributed by atoms with Gasteiger partial charge in [-0.2, -0.15) is 0 Å². The molecule has 2 heterocycles. The number of hydrogen-bond acceptors (Lipinski definition) is 5. The van der Waals surface area contributed by atoms with Gasteiger partial charge in [-0.3, -0.25) is 0 Å². The first-order valence-corrected chi connectivity index (χ1v) is 13.1. The van der Waals surface area contributed by atoms with Crippen molar-refractivity contribution in [1.29, 1.82) is 0 Å². The van der Waals surface area contributed by atoms with Crippen molar-refractivity contribution in [3.8, 4) is 17.1 Å². The number of hydrogen-bond donors (Lipinski definition) is 1. The monoisotopic (exact) mass is 557 g/mol. The minimum absolute atomic E-state index is 0.00104. The third kappa shape index (κ3) is 6.10. The van der Waals surface area contributed by atoms with E-state index in [4.69, 9.17) is 14.5 Å². The summed E-state index contributed by atoms with van der Waals surface area (Å²) in [7, 11) is 1.59. The molecule has 0 bridgehead atoms. The SMILES string of the molecule is COCCn1c(Cc2cc(F)c(-c3cccc(OCc4ccc(C)cc4F)n3)cc2C)nc2ccc(C(=O)O)cc21. The summed E-state index contributed by atoms with van der Waals surface area (Å²) in [4.78, 5) is 20.7. The molecule has 0 radical (unpaired) electrons. The highest BCUT2D eigenvalue weighted by atomic mass is 19.1. The Morgan fingerprint density at radius 2 is 1.78 bits per heavy atom. The normalized spacial score (nSPS) is 11.2. The number of methoxy groups -OCH3 is 1. The second-order valence-corrected chi connectivity index (χ2v) is 9.86. The first-order chi connectivity index (χ1) is 19.7. The van der Waals surface area contributed by atoms with Gasteiger partial charge in [0.25, 0.3) is 0 Å². The van der Waals surface area contributed by atoms with Crippen molar-refractivity contribution in [2.75, 3.05) is 13.7 Å². The van der Waals surface area contributed by atoms with Crippen LogP contribution in [-0.2, 0) is 24.3 Å². The number of nitrogens with zero attached hydrogens (tertiary/aromatic N) is 3. The number of rotatable bonds is 10. The van der Waals surface area contributed by atoms with Gasteiger partial charge in [0.2, 0.25) is 5.88 Å². The van der Waals surface area contributed by atoms with Crippen molar-refractivity contribution in [3.63, 3.8) is 0 Å². The Kier molecular flexibility index (Phi) is 8.07. The summed E-state index contributed by atoms with van der Waals surface area (Å²) in [6.07, 6.45) is 0.336. The van der Waals surface area contributed by atoms with E-state index in [1.165, 1.54) is 18.2 Å². The molecular formula is C32H29F2N3O4. The summed E-state index contributed by atoms with van der Waals surface area (Å²) < 4.78 is 42.6. The van der Waals surface area contributed by atoms with Gasteiger partial charge in [0.15, 0.2) is 0 Å². The molecule has 0 fully saturated rings. The maximum absolute atomic E-state index is 15.5. The van der Waals surface area contributed by atoms with Crippen LogP contribution in [-0.4, -0.2) is 39.3 Å². The third-order valence-corrected chi connectivity index (χ3v) is 6.95. The Morgan fingerprint density at radius 3 is 2.54 bits per heavy atom. The van der Waals surface area contributed by atoms with Crippen LogP contribution < -0.4 is 4.74 Å². The molecule has 0 aliphatic carbocycles. The molecule has 0 amide bonds. The number of aromatic carboxylic acids is 1. The largest absolute Gasteiger partial charge is 0.478 e. The van der Waals surface area contributed by atoms with Crippen molar-refractivity contribution >= 4 is 17.0 Å². The lowest BCUT2D eigenvalue weighted by Crippen LogP contribution is -2.10. The smallest absolute Gasteiger partial charge is 0.335 e. The van der Waals surface area contributed by atoms with Crippen LogP contribution in [0.25, 0.3) is 22.3 Å². The molecule has 210 valence electrons. The number of carbonyl (C=O) groups is 1. The summed E-state index contributed by atoms with van der Waals surface area (Å²) in [5, 5.41) is 9.44. The van der Waals surface area contributed by atoms with Crippen LogP contribution in [0, 0.1) is 25.5 Å². The Balaban J connectivity index is 1.41. The van der Waals surface area contributed by atoms with Crippen molar-refractivity contribution < 1.29 is 28.2 Å². The maximum Gasteiger partial charge on any atom is 0.335 e. The zero-order valence-electron chi connectivity index (χ0n) is 22.9. The Bertz CT molecular complexity index is 1750. The number of pyridine rings is 1. The zero-order valence-corrected chi connectivity index (χ0v) is 22.9. The van der Waals surface area contributed by atoms with E-state index in [0.717, 1.165) is 16.7 Å². The van der Waals surface area contributed by atoms with E-state index in [1.54, 1.807) is 49.6 Å². The van der Waals surface area contributed by atoms with E-state index in [0.29, 0.717) is 53.3 Å². The fraction of sp³-hybridized carbons (Fsp3) is 0.219. The minimum Gasteiger partial charge on any atom is -0.478 e. The summed E-state index contributed by atoms with van der Waals surface area (Å²) in [6, 6.07) is 18.0. The fourth-order valence-corrected chi connectivity index (χ4v) is 4.72. The topological polar surface area (TPSA) is 86.5 Å². The highest BCUT2D eigenvalue weighted by Gasteiger charge is 2.17. The van der Waals surface area contributed by atoms with E-state index in [2.05, 4.69) is 4.98 Å². The molecule has 0 aliphatic rings. The average molecular weight is 558 g/mol. The van der Waals surface area contributed by atoms with Crippen LogP contribution in [0.1, 0.15) is 38.4 Å². The van der Waals surface area contributed by atoms with Crippen LogP contribution >= 0.6 is 0 Å². The third-order valence-electron chi connectivity index (χ3n) is 6.95. The molecule has 5 rings (SSSR count). The molecule has 3 aromatic carbocycles. The Labute approximate surface area is 236 Å². The summed E-state index contributed by atoms with van der Waals surface area (Å²) in [5.41, 5.74) is 5.01. The lowest BCUT2D eigenvalue weighted by molar-refractivity contribution is 0.0697. The van der Waals surface area contributed by atoms with E-state index in [-0.39, 0.29) is 23.9 Å². The van der Waals surface area contributed by atoms with Crippen LogP contribution in [0.2, 0.25) is 0 Å². The highest BCUT2D eigenvalue weighted by Crippen LogP contribution is 2.28. The molecule has 0 saturated carbocycles. The predicted octanol–water partition coefficient (Wildman–Crippen LogP) is 6.51. The number of imidazole rings is 1. The molecule has 5 aromatic rings. The fourth-order valence-electron chi connectivity index (χ4n) is 4.72. The van der Waals surface area contributed by atoms with Gasteiger partial charge < -0.3 is 19.1 Å². The quantitative estimate of drug-likeness (QED) is 0.211. The van der Waals surface area contributed by atoms with Crippen LogP contribution in [0.5, 0.6) is 5.88 Å². The summed E-state index contributed by atoms with van der Waals surface area (Å²) >= 11 is 0. The molecule has 0 atom stereocenters. The summed E-state index contributed by atoms with van der Waals surface area (Å²) in [5.74, 6) is -0.890. The van der Waals surface area contributed by atoms with Gasteiger partial charge in [-0.1, -0.05) is 18.2 Å². The number of benzene rings is 3. The number of halogens is 2. The molecule has 9 heteroatoms. The van der Waals surface area contributed by atoms with E-state index < -0.39 is 11.8 Å². The molecule has 7 nitrogen and oxygen atoms in total. The first kappa shape index (κ1) is 27.9. The Hall–Kier alpha value is -4.63. The molecule has 1 N–H and O–H groups in total. The number of carboxylic acid groups (broad SMARTS) is 1. The van der Waals surface area contributed by atoms with Crippen LogP contribution in [0.3, 0.4) is 0 Å². The van der Waals surface area contributed by atoms with Gasteiger partial charge in [0, 0.05) is 37.3 Å². The lowest BCUT2D eigenvalue weighted by Gasteiger charge is -2.13. The molecule has 41 heavy (non-hydrogen) atoms. The van der Waals surface area contributed by atoms with Crippen LogP contribution in [0.4, 0.5) is 8.78 Å². The van der Waals surface area contributed by atoms with Gasteiger partial charge >= 0.3 is 5.97 Å². The second-order valence-electron chi connectivity index (χ2n) is 9.86. The zero-order chi connectivity index (χ0) is 29.1. The highest BCUT2D eigenvalue weighted by molar-refractivity contribution is 5.92. The molecule has 0 unspecified atom stereocenters. The van der Waals surface area contributed by atoms with Gasteiger partial charge in [-0.25, -0.2) is 23.5 Å². The van der Waals surface area contributed by atoms with Gasteiger partial charge in [-0.15, -0.1) is 0 Å². The standard InChI is InChI=1S/C32H29F2N3O4/c1-19-7-8-22(25(33)13-19)18-41-31-6-4-5-27(36-31)24-14-20(2)23(15-26(24)34)17-30-35-28-10-9-21(32(38)39)16-29(28)37(30)11-12-40-3/h4-10,13-16H,11-12,17-18H2,1-3H3,(H,38,39). The van der Waals surface area contributed by atoms with Gasteiger partial charge in [0.05, 0.1) is 28.9 Å². The number of ether oxygens (including phenoxy) is 2. The van der Waals surface area contributed by atoms with Gasteiger partial charge in [-0.05, 0) is 73.0 Å². The maximum atomic E-state index is 15.5. The molecule has 0 aliphatic heterocycles. The lowest BCUT2D eigenvalue weighted by atomic mass is 9.99. The minimum atomic E-state index is -1.02. The molecule has 2 aromatic heterocycles. The van der Waals surface area contributed by atoms with E-state index in [9.17, 15) is 14.3 Å². The van der Waals surface area contributed by atoms with E-state index in [1.807, 2.05) is 24.5 Å². The van der Waals surface area contributed by atoms with Crippen LogP contribution in [0.15, 0.2) is 66.7 Å². The number of aryl methyl sites for hydroxylation is 2. The first-order valence-electron chi connectivity index (χ1n) is 13.1. The van der Waals surface area contributed by atoms with Crippen molar-refractivity contribution in [2.45, 2.75) is 33.4 Å². The summed E-state index contributed by atoms with van der Waals surface area (Å²) in [6.45, 7) is 4.58. The Morgan fingerprint density at radius 1 is 0.951 bits per heavy atom. The molecule has 0 saturated heterocycles. The van der Waals surface area contributed by atoms with Crippen molar-refractivity contribution in [3.05, 3.63) is 112 Å². The van der Waals surface area contributed by atoms with Crippen molar-refractivity contribution in [1.82, 2.24) is 14.5 Å². The van der Waals surface area contributed by atoms with Crippen molar-refractivity contribution in [2.24, 2.45) is 0 Å². The average Bonchev–Trinajstić information content (AvgIpc) is 3.29. The second kappa shape index (κ2) is 11.9.